The van der Waals surface area contributed by atoms with Crippen LogP contribution in [-0.4, -0.2) is 36.6 Å². The standard InChI is InChI=1S/C16H21BrN2O3/c1-2-22-16(21)19-8-4-6-13(11-19)15(20)18-10-12-5-3-7-14(17)9-12/h3,5,7,9,13H,2,4,6,8,10-11H2,1H3,(H,18,20). The number of halogens is 1. The maximum Gasteiger partial charge on any atom is 0.409 e. The Bertz CT molecular complexity index is 536. The highest BCUT2D eigenvalue weighted by atomic mass is 79.9. The summed E-state index contributed by atoms with van der Waals surface area (Å²) in [6, 6.07) is 7.83. The van der Waals surface area contributed by atoms with Gasteiger partial charge in [-0.2, -0.15) is 0 Å². The van der Waals surface area contributed by atoms with Crippen LogP contribution < -0.4 is 5.32 Å². The molecule has 1 aromatic rings. The van der Waals surface area contributed by atoms with Crippen molar-refractivity contribution in [1.29, 1.82) is 0 Å². The molecule has 1 unspecified atom stereocenters. The maximum absolute atomic E-state index is 12.3. The second-order valence-electron chi connectivity index (χ2n) is 5.33. The summed E-state index contributed by atoms with van der Waals surface area (Å²) in [6.07, 6.45) is 1.31. The monoisotopic (exact) mass is 368 g/mol. The summed E-state index contributed by atoms with van der Waals surface area (Å²) in [4.78, 5) is 25.7. The van der Waals surface area contributed by atoms with Crippen LogP contribution in [0.5, 0.6) is 0 Å². The molecule has 1 aromatic carbocycles. The van der Waals surface area contributed by atoms with Crippen LogP contribution in [0.15, 0.2) is 28.7 Å². The van der Waals surface area contributed by atoms with Crippen LogP contribution in [-0.2, 0) is 16.1 Å². The lowest BCUT2D eigenvalue weighted by Gasteiger charge is -2.31. The van der Waals surface area contributed by atoms with E-state index in [4.69, 9.17) is 4.74 Å². The number of likely N-dealkylation sites (tertiary alicyclic amines) is 1. The van der Waals surface area contributed by atoms with Gasteiger partial charge in [-0.25, -0.2) is 4.79 Å². The molecule has 0 aliphatic carbocycles. The highest BCUT2D eigenvalue weighted by Crippen LogP contribution is 2.18. The first-order valence-electron chi connectivity index (χ1n) is 7.54. The number of benzene rings is 1. The van der Waals surface area contributed by atoms with Crippen molar-refractivity contribution < 1.29 is 14.3 Å². The molecule has 1 fully saturated rings. The molecular weight excluding hydrogens is 348 g/mol. The van der Waals surface area contributed by atoms with E-state index in [-0.39, 0.29) is 17.9 Å². The summed E-state index contributed by atoms with van der Waals surface area (Å²) in [6.45, 7) is 3.73. The molecule has 2 rings (SSSR count). The number of nitrogens with one attached hydrogen (secondary N) is 1. The summed E-state index contributed by atoms with van der Waals surface area (Å²) < 4.78 is 5.99. The van der Waals surface area contributed by atoms with Gasteiger partial charge in [-0.05, 0) is 37.5 Å². The van der Waals surface area contributed by atoms with Crippen molar-refractivity contribution >= 4 is 27.9 Å². The van der Waals surface area contributed by atoms with Gasteiger partial charge < -0.3 is 15.0 Å². The Morgan fingerprint density at radius 2 is 2.27 bits per heavy atom. The number of carbonyl (C=O) groups excluding carboxylic acids is 2. The molecule has 0 aromatic heterocycles. The van der Waals surface area contributed by atoms with Gasteiger partial charge in [0.2, 0.25) is 5.91 Å². The highest BCUT2D eigenvalue weighted by molar-refractivity contribution is 9.10. The maximum atomic E-state index is 12.3. The molecular formula is C16H21BrN2O3. The number of ether oxygens (including phenoxy) is 1. The van der Waals surface area contributed by atoms with Gasteiger partial charge in [-0.1, -0.05) is 28.1 Å². The first-order chi connectivity index (χ1) is 10.6. The zero-order valence-electron chi connectivity index (χ0n) is 12.7. The SMILES string of the molecule is CCOC(=O)N1CCCC(C(=O)NCc2cccc(Br)c2)C1. The minimum atomic E-state index is -0.327. The van der Waals surface area contributed by atoms with Crippen molar-refractivity contribution in [2.75, 3.05) is 19.7 Å². The summed E-state index contributed by atoms with van der Waals surface area (Å²) in [5, 5.41) is 2.95. The molecule has 1 atom stereocenters. The van der Waals surface area contributed by atoms with E-state index in [0.717, 1.165) is 22.9 Å². The van der Waals surface area contributed by atoms with E-state index in [0.29, 0.717) is 26.2 Å². The van der Waals surface area contributed by atoms with Crippen LogP contribution >= 0.6 is 15.9 Å². The molecule has 5 nitrogen and oxygen atoms in total. The van der Waals surface area contributed by atoms with E-state index in [1.807, 2.05) is 24.3 Å². The van der Waals surface area contributed by atoms with Crippen molar-refractivity contribution in [3.63, 3.8) is 0 Å². The average molecular weight is 369 g/mol. The second kappa shape index (κ2) is 8.17. The number of piperidine rings is 1. The minimum absolute atomic E-state index is 0.00558. The van der Waals surface area contributed by atoms with E-state index in [2.05, 4.69) is 21.2 Å². The van der Waals surface area contributed by atoms with Crippen LogP contribution in [0.2, 0.25) is 0 Å². The molecule has 6 heteroatoms. The third-order valence-corrected chi connectivity index (χ3v) is 4.17. The fourth-order valence-electron chi connectivity index (χ4n) is 2.55. The lowest BCUT2D eigenvalue weighted by Crippen LogP contribution is -2.45. The van der Waals surface area contributed by atoms with Crippen molar-refractivity contribution in [2.45, 2.75) is 26.3 Å². The first-order valence-corrected chi connectivity index (χ1v) is 8.33. The Balaban J connectivity index is 1.85. The lowest BCUT2D eigenvalue weighted by atomic mass is 9.97. The number of carbonyl (C=O) groups is 2. The van der Waals surface area contributed by atoms with Gasteiger partial charge in [0.05, 0.1) is 12.5 Å². The molecule has 2 amide bonds. The van der Waals surface area contributed by atoms with Crippen molar-refractivity contribution in [1.82, 2.24) is 10.2 Å². The Morgan fingerprint density at radius 1 is 1.45 bits per heavy atom. The highest BCUT2D eigenvalue weighted by Gasteiger charge is 2.28. The summed E-state index contributed by atoms with van der Waals surface area (Å²) in [5.41, 5.74) is 1.04. The third kappa shape index (κ3) is 4.73. The Hall–Kier alpha value is -1.56. The number of nitrogens with zero attached hydrogens (tertiary/aromatic N) is 1. The smallest absolute Gasteiger partial charge is 0.409 e. The molecule has 1 aliphatic heterocycles. The van der Waals surface area contributed by atoms with Crippen LogP contribution in [0.3, 0.4) is 0 Å². The Morgan fingerprint density at radius 3 is 3.00 bits per heavy atom. The van der Waals surface area contributed by atoms with Gasteiger partial charge in [0.1, 0.15) is 0 Å². The summed E-state index contributed by atoms with van der Waals surface area (Å²) in [7, 11) is 0. The number of hydrogen-bond acceptors (Lipinski definition) is 3. The fraction of sp³-hybridized carbons (Fsp3) is 0.500. The minimum Gasteiger partial charge on any atom is -0.450 e. The average Bonchev–Trinajstić information content (AvgIpc) is 2.53. The molecule has 22 heavy (non-hydrogen) atoms. The number of amides is 2. The first kappa shape index (κ1) is 16.8. The summed E-state index contributed by atoms with van der Waals surface area (Å²) >= 11 is 3.41. The molecule has 1 aliphatic rings. The third-order valence-electron chi connectivity index (χ3n) is 3.67. The van der Waals surface area contributed by atoms with E-state index >= 15 is 0 Å². The molecule has 120 valence electrons. The molecule has 1 N–H and O–H groups in total. The molecule has 0 bridgehead atoms. The zero-order chi connectivity index (χ0) is 15.9. The van der Waals surface area contributed by atoms with Crippen molar-refractivity contribution in [3.05, 3.63) is 34.3 Å². The topological polar surface area (TPSA) is 58.6 Å². The molecule has 0 spiro atoms. The van der Waals surface area contributed by atoms with Crippen LogP contribution in [0, 0.1) is 5.92 Å². The zero-order valence-corrected chi connectivity index (χ0v) is 14.3. The fourth-order valence-corrected chi connectivity index (χ4v) is 3.00. The molecule has 1 saturated heterocycles. The Labute approximate surface area is 139 Å². The molecule has 0 radical (unpaired) electrons. The molecule has 0 saturated carbocycles. The predicted molar refractivity (Wildman–Crippen MR) is 87.3 cm³/mol. The van der Waals surface area contributed by atoms with E-state index in [9.17, 15) is 9.59 Å². The van der Waals surface area contributed by atoms with E-state index in [1.54, 1.807) is 11.8 Å². The van der Waals surface area contributed by atoms with Gasteiger partial charge in [-0.15, -0.1) is 0 Å². The largest absolute Gasteiger partial charge is 0.450 e. The van der Waals surface area contributed by atoms with Gasteiger partial charge in [0, 0.05) is 24.1 Å². The number of hydrogen-bond donors (Lipinski definition) is 1. The Kier molecular flexibility index (Phi) is 6.24. The van der Waals surface area contributed by atoms with Crippen molar-refractivity contribution in [3.8, 4) is 0 Å². The van der Waals surface area contributed by atoms with Gasteiger partial charge in [-0.3, -0.25) is 4.79 Å². The van der Waals surface area contributed by atoms with Gasteiger partial charge in [0.25, 0.3) is 0 Å². The summed E-state index contributed by atoms with van der Waals surface area (Å²) in [5.74, 6) is -0.167. The van der Waals surface area contributed by atoms with Crippen molar-refractivity contribution in [2.24, 2.45) is 5.92 Å². The van der Waals surface area contributed by atoms with E-state index in [1.165, 1.54) is 0 Å². The van der Waals surface area contributed by atoms with Crippen LogP contribution in [0.25, 0.3) is 0 Å². The quantitative estimate of drug-likeness (QED) is 0.888. The van der Waals surface area contributed by atoms with E-state index < -0.39 is 0 Å². The van der Waals surface area contributed by atoms with Crippen LogP contribution in [0.1, 0.15) is 25.3 Å². The predicted octanol–water partition coefficient (Wildman–Crippen LogP) is 2.93. The van der Waals surface area contributed by atoms with Gasteiger partial charge in [0.15, 0.2) is 0 Å². The normalized spacial score (nSPS) is 17.9. The van der Waals surface area contributed by atoms with Gasteiger partial charge >= 0.3 is 6.09 Å². The second-order valence-corrected chi connectivity index (χ2v) is 6.25. The lowest BCUT2D eigenvalue weighted by molar-refractivity contribution is -0.126. The molecule has 1 heterocycles. The van der Waals surface area contributed by atoms with Crippen LogP contribution in [0.4, 0.5) is 4.79 Å². The number of rotatable bonds is 4.